The number of pyridine rings is 1. The van der Waals surface area contributed by atoms with Crippen LogP contribution in [0.1, 0.15) is 19.4 Å². The molecular weight excluding hydrogens is 188 g/mol. The highest BCUT2D eigenvalue weighted by atomic mass is 16.5. The van der Waals surface area contributed by atoms with Crippen molar-refractivity contribution in [1.29, 1.82) is 0 Å². The zero-order valence-electron chi connectivity index (χ0n) is 9.60. The van der Waals surface area contributed by atoms with Crippen molar-refractivity contribution in [3.63, 3.8) is 0 Å². The van der Waals surface area contributed by atoms with Crippen molar-refractivity contribution in [2.75, 3.05) is 13.1 Å². The van der Waals surface area contributed by atoms with E-state index in [9.17, 15) is 0 Å². The van der Waals surface area contributed by atoms with Gasteiger partial charge in [0.1, 0.15) is 6.10 Å². The first-order valence-corrected chi connectivity index (χ1v) is 5.49. The first-order valence-electron chi connectivity index (χ1n) is 5.49. The van der Waals surface area contributed by atoms with Crippen molar-refractivity contribution in [1.82, 2.24) is 9.88 Å². The van der Waals surface area contributed by atoms with Gasteiger partial charge in [-0.25, -0.2) is 4.98 Å². The maximum absolute atomic E-state index is 5.81. The van der Waals surface area contributed by atoms with Crippen LogP contribution >= 0.6 is 0 Å². The van der Waals surface area contributed by atoms with Crippen LogP contribution in [0.4, 0.5) is 0 Å². The number of aryl methyl sites for hydroxylation is 1. The Labute approximate surface area is 91.1 Å². The first-order chi connectivity index (χ1) is 7.16. The summed E-state index contributed by atoms with van der Waals surface area (Å²) >= 11 is 0. The van der Waals surface area contributed by atoms with Crippen molar-refractivity contribution in [2.45, 2.75) is 32.9 Å². The molecule has 0 N–H and O–H groups in total. The largest absolute Gasteiger partial charge is 0.471 e. The third-order valence-electron chi connectivity index (χ3n) is 2.85. The van der Waals surface area contributed by atoms with E-state index in [1.165, 1.54) is 0 Å². The van der Waals surface area contributed by atoms with Crippen molar-refractivity contribution in [3.05, 3.63) is 23.9 Å². The van der Waals surface area contributed by atoms with Crippen LogP contribution in [-0.2, 0) is 0 Å². The van der Waals surface area contributed by atoms with Crippen molar-refractivity contribution in [2.24, 2.45) is 0 Å². The van der Waals surface area contributed by atoms with Crippen molar-refractivity contribution < 1.29 is 4.74 Å². The number of nitrogens with zero attached hydrogens (tertiary/aromatic N) is 2. The number of ether oxygens (including phenoxy) is 1. The van der Waals surface area contributed by atoms with E-state index in [0.717, 1.165) is 24.5 Å². The first kappa shape index (κ1) is 10.4. The van der Waals surface area contributed by atoms with Gasteiger partial charge in [-0.3, -0.25) is 4.90 Å². The topological polar surface area (TPSA) is 25.4 Å². The van der Waals surface area contributed by atoms with Gasteiger partial charge in [0.05, 0.1) is 0 Å². The Balaban J connectivity index is 1.88. The molecule has 15 heavy (non-hydrogen) atoms. The molecule has 0 atom stereocenters. The molecule has 2 rings (SSSR count). The lowest BCUT2D eigenvalue weighted by Crippen LogP contribution is -2.56. The minimum Gasteiger partial charge on any atom is -0.471 e. The summed E-state index contributed by atoms with van der Waals surface area (Å²) in [6.45, 7) is 8.49. The molecule has 3 heteroatoms. The van der Waals surface area contributed by atoms with E-state index in [1.54, 1.807) is 6.20 Å². The van der Waals surface area contributed by atoms with Crippen LogP contribution in [0, 0.1) is 6.92 Å². The molecule has 1 aliphatic heterocycles. The van der Waals surface area contributed by atoms with Gasteiger partial charge in [-0.2, -0.15) is 0 Å². The normalized spacial score (nSPS) is 17.9. The molecule has 0 saturated carbocycles. The van der Waals surface area contributed by atoms with Gasteiger partial charge >= 0.3 is 0 Å². The molecule has 0 radical (unpaired) electrons. The van der Waals surface area contributed by atoms with Crippen LogP contribution < -0.4 is 4.74 Å². The number of aromatic nitrogens is 1. The lowest BCUT2D eigenvalue weighted by atomic mass is 10.1. The van der Waals surface area contributed by atoms with Crippen molar-refractivity contribution >= 4 is 0 Å². The van der Waals surface area contributed by atoms with E-state index in [1.807, 2.05) is 19.1 Å². The Morgan fingerprint density at radius 3 is 2.80 bits per heavy atom. The van der Waals surface area contributed by atoms with Gasteiger partial charge in [0, 0.05) is 30.9 Å². The minimum absolute atomic E-state index is 0.320. The zero-order valence-corrected chi connectivity index (χ0v) is 9.60. The second-order valence-electron chi connectivity index (χ2n) is 4.41. The van der Waals surface area contributed by atoms with Crippen LogP contribution in [0.15, 0.2) is 18.3 Å². The summed E-state index contributed by atoms with van der Waals surface area (Å²) in [5.41, 5.74) is 1.11. The molecule has 3 nitrogen and oxygen atoms in total. The smallest absolute Gasteiger partial charge is 0.216 e. The van der Waals surface area contributed by atoms with Gasteiger partial charge in [-0.15, -0.1) is 0 Å². The second-order valence-corrected chi connectivity index (χ2v) is 4.41. The molecule has 82 valence electrons. The standard InChI is InChI=1S/C12H18N2O/c1-9(2)14-7-11(8-14)15-12-10(3)5-4-6-13-12/h4-6,9,11H,7-8H2,1-3H3. The van der Waals surface area contributed by atoms with E-state index >= 15 is 0 Å². The monoisotopic (exact) mass is 206 g/mol. The Bertz CT molecular complexity index is 332. The van der Waals surface area contributed by atoms with Crippen LogP contribution in [0.2, 0.25) is 0 Å². The average molecular weight is 206 g/mol. The van der Waals surface area contributed by atoms with E-state index in [-0.39, 0.29) is 0 Å². The molecule has 0 aromatic carbocycles. The van der Waals surface area contributed by atoms with Crippen molar-refractivity contribution in [3.8, 4) is 5.88 Å². The summed E-state index contributed by atoms with van der Waals surface area (Å²) in [7, 11) is 0. The lowest BCUT2D eigenvalue weighted by molar-refractivity contribution is -0.00265. The van der Waals surface area contributed by atoms with Crippen LogP contribution in [-0.4, -0.2) is 35.1 Å². The van der Waals surface area contributed by atoms with E-state index < -0.39 is 0 Å². The number of rotatable bonds is 3. The van der Waals surface area contributed by atoms with Gasteiger partial charge in [0.15, 0.2) is 0 Å². The molecule has 1 aromatic heterocycles. The fourth-order valence-corrected chi connectivity index (χ4v) is 1.72. The Hall–Kier alpha value is -1.09. The molecule has 1 aliphatic rings. The maximum Gasteiger partial charge on any atom is 0.216 e. The van der Waals surface area contributed by atoms with Gasteiger partial charge in [-0.05, 0) is 26.8 Å². The minimum atomic E-state index is 0.320. The highest BCUT2D eigenvalue weighted by Crippen LogP contribution is 2.20. The summed E-state index contributed by atoms with van der Waals surface area (Å²) in [5.74, 6) is 0.783. The summed E-state index contributed by atoms with van der Waals surface area (Å²) in [4.78, 5) is 6.62. The highest BCUT2D eigenvalue weighted by Gasteiger charge is 2.30. The van der Waals surface area contributed by atoms with E-state index in [0.29, 0.717) is 12.1 Å². The molecule has 0 unspecified atom stereocenters. The van der Waals surface area contributed by atoms with E-state index in [2.05, 4.69) is 23.7 Å². The second kappa shape index (κ2) is 4.19. The predicted molar refractivity (Wildman–Crippen MR) is 60.1 cm³/mol. The Morgan fingerprint density at radius 2 is 2.20 bits per heavy atom. The molecule has 2 heterocycles. The third-order valence-corrected chi connectivity index (χ3v) is 2.85. The molecule has 1 aromatic rings. The van der Waals surface area contributed by atoms with Crippen LogP contribution in [0.5, 0.6) is 5.88 Å². The summed E-state index contributed by atoms with van der Waals surface area (Å²) in [5, 5.41) is 0. The molecule has 1 saturated heterocycles. The van der Waals surface area contributed by atoms with Crippen LogP contribution in [0.3, 0.4) is 0 Å². The Morgan fingerprint density at radius 1 is 1.47 bits per heavy atom. The highest BCUT2D eigenvalue weighted by molar-refractivity contribution is 5.23. The summed E-state index contributed by atoms with van der Waals surface area (Å²) in [6, 6.07) is 4.58. The van der Waals surface area contributed by atoms with Gasteiger partial charge in [0.2, 0.25) is 5.88 Å². The lowest BCUT2D eigenvalue weighted by Gasteiger charge is -2.41. The van der Waals surface area contributed by atoms with Gasteiger partial charge in [-0.1, -0.05) is 6.07 Å². The fourth-order valence-electron chi connectivity index (χ4n) is 1.72. The fraction of sp³-hybridized carbons (Fsp3) is 0.583. The number of hydrogen-bond donors (Lipinski definition) is 0. The molecule has 0 aliphatic carbocycles. The molecule has 1 fully saturated rings. The van der Waals surface area contributed by atoms with Gasteiger partial charge in [0.25, 0.3) is 0 Å². The Kier molecular flexibility index (Phi) is 2.91. The zero-order chi connectivity index (χ0) is 10.8. The third kappa shape index (κ3) is 2.29. The summed E-state index contributed by atoms with van der Waals surface area (Å²) < 4.78 is 5.81. The van der Waals surface area contributed by atoms with Crippen LogP contribution in [0.25, 0.3) is 0 Å². The molecule has 0 spiro atoms. The molecular formula is C12H18N2O. The molecule has 0 amide bonds. The number of hydrogen-bond acceptors (Lipinski definition) is 3. The predicted octanol–water partition coefficient (Wildman–Crippen LogP) is 1.86. The SMILES string of the molecule is Cc1cccnc1OC1CN(C(C)C)C1. The maximum atomic E-state index is 5.81. The average Bonchev–Trinajstić information content (AvgIpc) is 2.12. The van der Waals surface area contributed by atoms with Gasteiger partial charge < -0.3 is 4.74 Å². The quantitative estimate of drug-likeness (QED) is 0.755. The van der Waals surface area contributed by atoms with E-state index in [4.69, 9.17) is 4.74 Å². The number of likely N-dealkylation sites (tertiary alicyclic amines) is 1. The molecule has 0 bridgehead atoms. The summed E-state index contributed by atoms with van der Waals surface area (Å²) in [6.07, 6.45) is 2.10.